The fourth-order valence-corrected chi connectivity index (χ4v) is 4.88. The van der Waals surface area contributed by atoms with Gasteiger partial charge < -0.3 is 9.47 Å². The monoisotopic (exact) mass is 522 g/mol. The number of aryl methyl sites for hydroxylation is 1. The van der Waals surface area contributed by atoms with Crippen molar-refractivity contribution >= 4 is 0 Å². The van der Waals surface area contributed by atoms with Gasteiger partial charge >= 0.3 is 0 Å². The van der Waals surface area contributed by atoms with Gasteiger partial charge in [0.05, 0.1) is 13.2 Å². The Bertz CT molecular complexity index is 1210. The van der Waals surface area contributed by atoms with Crippen LogP contribution < -0.4 is 0 Å². The average molecular weight is 523 g/mol. The second-order valence-corrected chi connectivity index (χ2v) is 10.0. The first-order valence-electron chi connectivity index (χ1n) is 13.7. The van der Waals surface area contributed by atoms with E-state index in [9.17, 15) is 8.78 Å². The van der Waals surface area contributed by atoms with Crippen molar-refractivity contribution in [2.45, 2.75) is 65.1 Å². The molecule has 0 amide bonds. The van der Waals surface area contributed by atoms with Crippen molar-refractivity contribution in [1.82, 2.24) is 0 Å². The van der Waals surface area contributed by atoms with E-state index in [0.29, 0.717) is 47.8 Å². The summed E-state index contributed by atoms with van der Waals surface area (Å²) in [5, 5.41) is 0. The minimum atomic E-state index is -0.822. The Kier molecular flexibility index (Phi) is 10.2. The summed E-state index contributed by atoms with van der Waals surface area (Å²) in [7, 11) is 0. The Morgan fingerprint density at radius 3 is 2.21 bits per heavy atom. The van der Waals surface area contributed by atoms with E-state index in [1.54, 1.807) is 42.5 Å². The van der Waals surface area contributed by atoms with Crippen LogP contribution in [0.1, 0.15) is 69.8 Å². The predicted octanol–water partition coefficient (Wildman–Crippen LogP) is 9.58. The zero-order valence-corrected chi connectivity index (χ0v) is 22.3. The molecule has 38 heavy (non-hydrogen) atoms. The van der Waals surface area contributed by atoms with E-state index in [4.69, 9.17) is 9.47 Å². The smallest absolute Gasteiger partial charge is 0.186 e. The van der Waals surface area contributed by atoms with Gasteiger partial charge in [0.2, 0.25) is 0 Å². The Morgan fingerprint density at radius 2 is 1.53 bits per heavy atom. The normalized spacial score (nSPS) is 17.8. The molecule has 1 heterocycles. The number of hydrogen-bond acceptors (Lipinski definition) is 2. The molecule has 0 atom stereocenters. The molecule has 5 heteroatoms. The number of hydrogen-bond donors (Lipinski definition) is 0. The number of ether oxygens (including phenoxy) is 2. The van der Waals surface area contributed by atoms with Crippen LogP contribution >= 0.6 is 0 Å². The average Bonchev–Trinajstić information content (AvgIpc) is 2.94. The lowest BCUT2D eigenvalue weighted by molar-refractivity contribution is -0.207. The molecule has 4 rings (SSSR count). The van der Waals surface area contributed by atoms with E-state index in [2.05, 4.69) is 13.0 Å². The standard InChI is InChI=1S/C33H37F3O2/c1-3-5-7-9-11-26-16-18-28(32(36)31(26)35)25-14-12-24(13-15-25)27-17-19-29(30(34)20-27)33-37-21-23(22-38-33)10-8-6-4-2/h4,6,12-20,23,33H,3,5,7-11,21-22H2,1-2H3/b6-4+. The van der Waals surface area contributed by atoms with Gasteiger partial charge in [-0.3, -0.25) is 0 Å². The quantitative estimate of drug-likeness (QED) is 0.184. The highest BCUT2D eigenvalue weighted by molar-refractivity contribution is 5.71. The minimum absolute atomic E-state index is 0.225. The minimum Gasteiger partial charge on any atom is -0.348 e. The van der Waals surface area contributed by atoms with Crippen molar-refractivity contribution in [2.75, 3.05) is 13.2 Å². The van der Waals surface area contributed by atoms with Crippen LogP contribution in [-0.2, 0) is 15.9 Å². The molecule has 0 saturated carbocycles. The SMILES string of the molecule is C/C=C/CCC1COC(c2ccc(-c3ccc(-c4ccc(CCCCCC)c(F)c4F)cc3)cc2F)OC1. The second kappa shape index (κ2) is 13.8. The molecule has 0 aliphatic carbocycles. The van der Waals surface area contributed by atoms with Crippen molar-refractivity contribution in [1.29, 1.82) is 0 Å². The van der Waals surface area contributed by atoms with Gasteiger partial charge in [-0.15, -0.1) is 0 Å². The summed E-state index contributed by atoms with van der Waals surface area (Å²) < 4.78 is 56.2. The van der Waals surface area contributed by atoms with Gasteiger partial charge in [0.15, 0.2) is 17.9 Å². The Morgan fingerprint density at radius 1 is 0.816 bits per heavy atom. The molecule has 1 aliphatic heterocycles. The number of halogens is 3. The van der Waals surface area contributed by atoms with Gasteiger partial charge in [-0.25, -0.2) is 13.2 Å². The molecule has 0 aromatic heterocycles. The maximum Gasteiger partial charge on any atom is 0.186 e. The van der Waals surface area contributed by atoms with Crippen LogP contribution in [0.4, 0.5) is 13.2 Å². The van der Waals surface area contributed by atoms with Crippen LogP contribution in [-0.4, -0.2) is 13.2 Å². The topological polar surface area (TPSA) is 18.5 Å². The van der Waals surface area contributed by atoms with Gasteiger partial charge in [0.25, 0.3) is 0 Å². The maximum atomic E-state index is 15.0. The van der Waals surface area contributed by atoms with E-state index in [1.165, 1.54) is 6.07 Å². The molecule has 0 radical (unpaired) electrons. The third kappa shape index (κ3) is 6.95. The Balaban J connectivity index is 1.41. The van der Waals surface area contributed by atoms with Crippen molar-refractivity contribution in [2.24, 2.45) is 5.92 Å². The molecule has 0 N–H and O–H groups in total. The number of unbranched alkanes of at least 4 members (excludes halogenated alkanes) is 3. The molecule has 1 saturated heterocycles. The molecular weight excluding hydrogens is 485 g/mol. The number of allylic oxidation sites excluding steroid dienone is 2. The van der Waals surface area contributed by atoms with Crippen LogP contribution in [0.2, 0.25) is 0 Å². The first-order chi connectivity index (χ1) is 18.5. The predicted molar refractivity (Wildman–Crippen MR) is 147 cm³/mol. The Labute approximate surface area is 224 Å². The summed E-state index contributed by atoms with van der Waals surface area (Å²) in [4.78, 5) is 0. The molecular formula is C33H37F3O2. The first-order valence-corrected chi connectivity index (χ1v) is 13.7. The highest BCUT2D eigenvalue weighted by Crippen LogP contribution is 2.33. The highest BCUT2D eigenvalue weighted by Gasteiger charge is 2.25. The van der Waals surface area contributed by atoms with Crippen LogP contribution in [0, 0.1) is 23.4 Å². The van der Waals surface area contributed by atoms with E-state index in [-0.39, 0.29) is 5.56 Å². The lowest BCUT2D eigenvalue weighted by Gasteiger charge is -2.29. The lowest BCUT2D eigenvalue weighted by atomic mass is 9.97. The van der Waals surface area contributed by atoms with Gasteiger partial charge in [0.1, 0.15) is 5.82 Å². The molecule has 202 valence electrons. The van der Waals surface area contributed by atoms with E-state index < -0.39 is 23.7 Å². The van der Waals surface area contributed by atoms with Crippen LogP contribution in [0.25, 0.3) is 22.3 Å². The van der Waals surface area contributed by atoms with Crippen LogP contribution in [0.5, 0.6) is 0 Å². The fourth-order valence-electron chi connectivity index (χ4n) is 4.88. The van der Waals surface area contributed by atoms with Crippen molar-refractivity contribution in [3.05, 3.63) is 95.3 Å². The van der Waals surface area contributed by atoms with Crippen molar-refractivity contribution in [3.8, 4) is 22.3 Å². The van der Waals surface area contributed by atoms with Crippen molar-refractivity contribution in [3.63, 3.8) is 0 Å². The van der Waals surface area contributed by atoms with Gasteiger partial charge in [-0.05, 0) is 60.9 Å². The van der Waals surface area contributed by atoms with Crippen molar-refractivity contribution < 1.29 is 22.6 Å². The third-order valence-electron chi connectivity index (χ3n) is 7.19. The van der Waals surface area contributed by atoms with Gasteiger partial charge in [0, 0.05) is 17.0 Å². The lowest BCUT2D eigenvalue weighted by Crippen LogP contribution is -2.27. The van der Waals surface area contributed by atoms with E-state index in [0.717, 1.165) is 44.1 Å². The summed E-state index contributed by atoms with van der Waals surface area (Å²) in [5.74, 6) is -1.68. The summed E-state index contributed by atoms with van der Waals surface area (Å²) in [6.07, 6.45) is 10.0. The summed E-state index contributed by atoms with van der Waals surface area (Å²) >= 11 is 0. The molecule has 2 nitrogen and oxygen atoms in total. The van der Waals surface area contributed by atoms with Crippen LogP contribution in [0.3, 0.4) is 0 Å². The largest absolute Gasteiger partial charge is 0.348 e. The number of benzene rings is 3. The van der Waals surface area contributed by atoms with E-state index in [1.807, 2.05) is 19.1 Å². The summed E-state index contributed by atoms with van der Waals surface area (Å²) in [6.45, 7) is 5.21. The molecule has 0 bridgehead atoms. The molecule has 0 unspecified atom stereocenters. The fraction of sp³-hybridized carbons (Fsp3) is 0.394. The summed E-state index contributed by atoms with van der Waals surface area (Å²) in [5.41, 5.74) is 3.07. The highest BCUT2D eigenvalue weighted by atomic mass is 19.2. The number of rotatable bonds is 11. The zero-order chi connectivity index (χ0) is 26.9. The van der Waals surface area contributed by atoms with E-state index >= 15 is 4.39 Å². The second-order valence-electron chi connectivity index (χ2n) is 10.0. The van der Waals surface area contributed by atoms with Gasteiger partial charge in [-0.1, -0.05) is 86.9 Å². The van der Waals surface area contributed by atoms with Gasteiger partial charge in [-0.2, -0.15) is 0 Å². The van der Waals surface area contributed by atoms with Crippen LogP contribution in [0.15, 0.2) is 66.7 Å². The maximum absolute atomic E-state index is 15.0. The zero-order valence-electron chi connectivity index (χ0n) is 22.3. The third-order valence-corrected chi connectivity index (χ3v) is 7.19. The molecule has 3 aromatic rings. The molecule has 3 aromatic carbocycles. The first kappa shape index (κ1) is 28.1. The Hall–Kier alpha value is -2.89. The molecule has 1 fully saturated rings. The molecule has 0 spiro atoms. The molecule has 1 aliphatic rings. The summed E-state index contributed by atoms with van der Waals surface area (Å²) in [6, 6.07) is 15.4.